The molecule has 16 heavy (non-hydrogen) atoms. The van der Waals surface area contributed by atoms with Gasteiger partial charge in [0.05, 0.1) is 18.8 Å². The van der Waals surface area contributed by atoms with Crippen molar-refractivity contribution < 1.29 is 9.16 Å². The van der Waals surface area contributed by atoms with Crippen LogP contribution in [0.1, 0.15) is 33.6 Å². The average Bonchev–Trinajstić information content (AvgIpc) is 2.50. The van der Waals surface area contributed by atoms with Crippen LogP contribution < -0.4 is 0 Å². The molecule has 0 unspecified atom stereocenters. The van der Waals surface area contributed by atoms with Gasteiger partial charge in [-0.15, -0.1) is 6.58 Å². The summed E-state index contributed by atoms with van der Waals surface area (Å²) in [6.45, 7) is 15.9. The molecule has 0 saturated carbocycles. The van der Waals surface area contributed by atoms with E-state index in [1.165, 1.54) is 0 Å². The Balaban J connectivity index is 2.48. The zero-order valence-corrected chi connectivity index (χ0v) is 12.4. The Labute approximate surface area is 101 Å². The van der Waals surface area contributed by atoms with E-state index in [0.29, 0.717) is 12.2 Å². The highest BCUT2D eigenvalue weighted by atomic mass is 28.4. The summed E-state index contributed by atoms with van der Waals surface area (Å²) in [7, 11) is -1.63. The molecule has 1 rings (SSSR count). The normalized spacial score (nSPS) is 27.1. The first-order valence-electron chi connectivity index (χ1n) is 6.16. The summed E-state index contributed by atoms with van der Waals surface area (Å²) in [5, 5.41) is 0.281. The highest BCUT2D eigenvalue weighted by molar-refractivity contribution is 6.74. The predicted molar refractivity (Wildman–Crippen MR) is 71.2 cm³/mol. The molecule has 0 amide bonds. The molecule has 0 spiro atoms. The van der Waals surface area contributed by atoms with E-state index < -0.39 is 8.32 Å². The van der Waals surface area contributed by atoms with E-state index >= 15 is 0 Å². The first-order valence-corrected chi connectivity index (χ1v) is 9.07. The van der Waals surface area contributed by atoms with E-state index in [2.05, 4.69) is 40.4 Å². The average molecular weight is 242 g/mol. The molecule has 0 aliphatic carbocycles. The molecule has 0 aromatic carbocycles. The number of hydrogen-bond donors (Lipinski definition) is 0. The number of hydrogen-bond acceptors (Lipinski definition) is 2. The maximum absolute atomic E-state index is 6.32. The topological polar surface area (TPSA) is 18.5 Å². The molecule has 1 aliphatic rings. The van der Waals surface area contributed by atoms with Crippen LogP contribution in [0.25, 0.3) is 0 Å². The van der Waals surface area contributed by atoms with Crippen LogP contribution >= 0.6 is 0 Å². The van der Waals surface area contributed by atoms with Gasteiger partial charge in [-0.2, -0.15) is 0 Å². The van der Waals surface area contributed by atoms with E-state index in [0.717, 1.165) is 19.4 Å². The number of rotatable bonds is 4. The van der Waals surface area contributed by atoms with Crippen LogP contribution in [-0.4, -0.2) is 27.1 Å². The molecule has 1 heterocycles. The van der Waals surface area contributed by atoms with Crippen molar-refractivity contribution >= 4 is 8.32 Å². The summed E-state index contributed by atoms with van der Waals surface area (Å²) in [5.74, 6) is 0. The summed E-state index contributed by atoms with van der Waals surface area (Å²) in [6, 6.07) is 0. The lowest BCUT2D eigenvalue weighted by Crippen LogP contribution is -2.44. The third kappa shape index (κ3) is 3.44. The molecule has 0 radical (unpaired) electrons. The van der Waals surface area contributed by atoms with Gasteiger partial charge in [0.25, 0.3) is 0 Å². The van der Waals surface area contributed by atoms with Gasteiger partial charge in [0.1, 0.15) is 0 Å². The fourth-order valence-electron chi connectivity index (χ4n) is 1.70. The molecule has 0 bridgehead atoms. The molecular formula is C13H26O2Si. The van der Waals surface area contributed by atoms with E-state index in [1.807, 2.05) is 6.08 Å². The standard InChI is InChI=1S/C13H26O2Si/c1-7-8-11-9-12(10-14-11)15-16(5,6)13(2,3)4/h7,11-12H,1,8-10H2,2-6H3/t11-,12-/m0/s1. The van der Waals surface area contributed by atoms with E-state index in [-0.39, 0.29) is 5.04 Å². The zero-order chi connectivity index (χ0) is 12.4. The minimum atomic E-state index is -1.63. The van der Waals surface area contributed by atoms with Gasteiger partial charge in [0, 0.05) is 6.42 Å². The summed E-state index contributed by atoms with van der Waals surface area (Å²) in [4.78, 5) is 0. The second-order valence-corrected chi connectivity index (χ2v) is 11.0. The van der Waals surface area contributed by atoms with Crippen molar-refractivity contribution in [3.63, 3.8) is 0 Å². The zero-order valence-electron chi connectivity index (χ0n) is 11.4. The number of ether oxygens (including phenoxy) is 1. The first-order chi connectivity index (χ1) is 7.26. The first kappa shape index (κ1) is 13.9. The molecule has 3 heteroatoms. The van der Waals surface area contributed by atoms with Crippen LogP contribution in [0.2, 0.25) is 18.1 Å². The van der Waals surface area contributed by atoms with Crippen LogP contribution in [-0.2, 0) is 9.16 Å². The van der Waals surface area contributed by atoms with E-state index in [9.17, 15) is 0 Å². The molecule has 1 fully saturated rings. The Morgan fingerprint density at radius 3 is 2.56 bits per heavy atom. The predicted octanol–water partition coefficient (Wildman–Crippen LogP) is 3.74. The van der Waals surface area contributed by atoms with Gasteiger partial charge in [-0.25, -0.2) is 0 Å². The van der Waals surface area contributed by atoms with Crippen molar-refractivity contribution in [2.75, 3.05) is 6.61 Å². The van der Waals surface area contributed by atoms with Gasteiger partial charge in [0.2, 0.25) is 0 Å². The highest BCUT2D eigenvalue weighted by Gasteiger charge is 2.40. The quantitative estimate of drug-likeness (QED) is 0.552. The van der Waals surface area contributed by atoms with Gasteiger partial charge in [-0.05, 0) is 24.6 Å². The molecule has 2 nitrogen and oxygen atoms in total. The lowest BCUT2D eigenvalue weighted by molar-refractivity contribution is 0.0926. The van der Waals surface area contributed by atoms with E-state index in [4.69, 9.17) is 9.16 Å². The Kier molecular flexibility index (Phi) is 4.38. The van der Waals surface area contributed by atoms with Gasteiger partial charge < -0.3 is 9.16 Å². The molecule has 0 N–H and O–H groups in total. The van der Waals surface area contributed by atoms with Crippen molar-refractivity contribution in [2.24, 2.45) is 0 Å². The van der Waals surface area contributed by atoms with Crippen molar-refractivity contribution in [1.29, 1.82) is 0 Å². The Hall–Kier alpha value is -0.123. The third-order valence-corrected chi connectivity index (χ3v) is 8.28. The molecule has 0 aromatic rings. The van der Waals surface area contributed by atoms with E-state index in [1.54, 1.807) is 0 Å². The maximum Gasteiger partial charge on any atom is 0.192 e. The summed E-state index contributed by atoms with van der Waals surface area (Å²) in [6.07, 6.45) is 4.52. The second kappa shape index (κ2) is 5.03. The van der Waals surface area contributed by atoms with Crippen LogP contribution in [0.5, 0.6) is 0 Å². The Bertz CT molecular complexity index is 243. The minimum Gasteiger partial charge on any atom is -0.411 e. The van der Waals surface area contributed by atoms with Crippen LogP contribution in [0, 0.1) is 0 Å². The lowest BCUT2D eigenvalue weighted by Gasteiger charge is -2.38. The van der Waals surface area contributed by atoms with Crippen molar-refractivity contribution in [1.82, 2.24) is 0 Å². The molecule has 94 valence electrons. The SMILES string of the molecule is C=CC[C@H]1C[C@H](O[Si](C)(C)C(C)(C)C)CO1. The summed E-state index contributed by atoms with van der Waals surface area (Å²) < 4.78 is 12.0. The van der Waals surface area contributed by atoms with Crippen LogP contribution in [0.15, 0.2) is 12.7 Å². The van der Waals surface area contributed by atoms with Gasteiger partial charge >= 0.3 is 0 Å². The van der Waals surface area contributed by atoms with Crippen molar-refractivity contribution in [2.45, 2.75) is 64.0 Å². The van der Waals surface area contributed by atoms with Gasteiger partial charge in [-0.1, -0.05) is 26.8 Å². The summed E-state index contributed by atoms with van der Waals surface area (Å²) in [5.41, 5.74) is 0. The van der Waals surface area contributed by atoms with Gasteiger partial charge in [-0.3, -0.25) is 0 Å². The van der Waals surface area contributed by atoms with Crippen molar-refractivity contribution in [3.8, 4) is 0 Å². The molecule has 2 atom stereocenters. The molecule has 0 aromatic heterocycles. The fourth-order valence-corrected chi connectivity index (χ4v) is 3.05. The minimum absolute atomic E-state index is 0.281. The Morgan fingerprint density at radius 1 is 1.44 bits per heavy atom. The smallest absolute Gasteiger partial charge is 0.192 e. The monoisotopic (exact) mass is 242 g/mol. The third-order valence-electron chi connectivity index (χ3n) is 3.74. The summed E-state index contributed by atoms with van der Waals surface area (Å²) >= 11 is 0. The molecular weight excluding hydrogens is 216 g/mol. The Morgan fingerprint density at radius 2 is 2.06 bits per heavy atom. The molecule has 1 aliphatic heterocycles. The molecule has 1 saturated heterocycles. The van der Waals surface area contributed by atoms with Crippen molar-refractivity contribution in [3.05, 3.63) is 12.7 Å². The van der Waals surface area contributed by atoms with Crippen LogP contribution in [0.4, 0.5) is 0 Å². The van der Waals surface area contributed by atoms with Gasteiger partial charge in [0.15, 0.2) is 8.32 Å². The lowest BCUT2D eigenvalue weighted by atomic mass is 10.1. The highest BCUT2D eigenvalue weighted by Crippen LogP contribution is 2.38. The van der Waals surface area contributed by atoms with Crippen LogP contribution in [0.3, 0.4) is 0 Å². The fraction of sp³-hybridized carbons (Fsp3) is 0.846. The largest absolute Gasteiger partial charge is 0.411 e. The maximum atomic E-state index is 6.32. The second-order valence-electron chi connectivity index (χ2n) is 6.22.